The Morgan fingerprint density at radius 2 is 2.00 bits per heavy atom. The van der Waals surface area contributed by atoms with Crippen molar-refractivity contribution in [3.63, 3.8) is 0 Å². The van der Waals surface area contributed by atoms with Gasteiger partial charge in [0.05, 0.1) is 13.7 Å². The molecule has 0 fully saturated rings. The smallest absolute Gasteiger partial charge is 0.163 e. The predicted octanol–water partition coefficient (Wildman–Crippen LogP) is 2.37. The van der Waals surface area contributed by atoms with Crippen molar-refractivity contribution in [3.8, 4) is 11.5 Å². The van der Waals surface area contributed by atoms with E-state index in [4.69, 9.17) is 15.2 Å². The summed E-state index contributed by atoms with van der Waals surface area (Å²) in [5, 5.41) is 0. The Balaban J connectivity index is 3.04. The van der Waals surface area contributed by atoms with Crippen LogP contribution in [-0.4, -0.2) is 19.3 Å². The summed E-state index contributed by atoms with van der Waals surface area (Å²) in [6.07, 6.45) is 0.761. The van der Waals surface area contributed by atoms with Crippen LogP contribution < -0.4 is 15.2 Å². The molecule has 3 heteroatoms. The second kappa shape index (κ2) is 5.21. The standard InChI is InChI=1S/C13H21NO2/c1-5-16-11-8-6-7-10(12(11)15-4)9-13(2,3)14/h6-8H,5,9,14H2,1-4H3. The summed E-state index contributed by atoms with van der Waals surface area (Å²) in [5.74, 6) is 1.58. The number of para-hydroxylation sites is 1. The number of hydrogen-bond acceptors (Lipinski definition) is 3. The molecule has 0 amide bonds. The highest BCUT2D eigenvalue weighted by Crippen LogP contribution is 2.32. The second-order valence-electron chi connectivity index (χ2n) is 4.55. The SMILES string of the molecule is CCOc1cccc(CC(C)(C)N)c1OC. The normalized spacial score (nSPS) is 11.3. The highest BCUT2D eigenvalue weighted by Gasteiger charge is 2.17. The molecule has 1 aromatic rings. The highest BCUT2D eigenvalue weighted by molar-refractivity contribution is 5.47. The molecule has 0 aromatic heterocycles. The molecule has 0 aliphatic rings. The number of ether oxygens (including phenoxy) is 2. The van der Waals surface area contributed by atoms with E-state index in [0.29, 0.717) is 6.61 Å². The highest BCUT2D eigenvalue weighted by atomic mass is 16.5. The van der Waals surface area contributed by atoms with Gasteiger partial charge in [0.25, 0.3) is 0 Å². The van der Waals surface area contributed by atoms with Crippen LogP contribution in [0.25, 0.3) is 0 Å². The van der Waals surface area contributed by atoms with Gasteiger partial charge in [-0.2, -0.15) is 0 Å². The maximum atomic E-state index is 6.02. The lowest BCUT2D eigenvalue weighted by atomic mass is 9.95. The molecule has 0 radical (unpaired) electrons. The van der Waals surface area contributed by atoms with E-state index >= 15 is 0 Å². The van der Waals surface area contributed by atoms with Gasteiger partial charge in [0, 0.05) is 5.54 Å². The van der Waals surface area contributed by atoms with Gasteiger partial charge < -0.3 is 15.2 Å². The first-order valence-electron chi connectivity index (χ1n) is 5.55. The van der Waals surface area contributed by atoms with Crippen molar-refractivity contribution in [1.82, 2.24) is 0 Å². The van der Waals surface area contributed by atoms with Gasteiger partial charge in [0.2, 0.25) is 0 Å². The van der Waals surface area contributed by atoms with E-state index in [1.807, 2.05) is 39.0 Å². The third-order valence-corrected chi connectivity index (χ3v) is 2.21. The number of hydrogen-bond donors (Lipinski definition) is 1. The minimum absolute atomic E-state index is 0.252. The largest absolute Gasteiger partial charge is 0.493 e. The zero-order chi connectivity index (χ0) is 12.2. The van der Waals surface area contributed by atoms with Crippen molar-refractivity contribution >= 4 is 0 Å². The molecule has 0 atom stereocenters. The van der Waals surface area contributed by atoms with E-state index in [1.165, 1.54) is 0 Å². The van der Waals surface area contributed by atoms with E-state index in [1.54, 1.807) is 7.11 Å². The average Bonchev–Trinajstić information content (AvgIpc) is 2.16. The third-order valence-electron chi connectivity index (χ3n) is 2.21. The number of methoxy groups -OCH3 is 1. The van der Waals surface area contributed by atoms with Gasteiger partial charge in [0.1, 0.15) is 0 Å². The van der Waals surface area contributed by atoms with E-state index in [-0.39, 0.29) is 5.54 Å². The molecular formula is C13H21NO2. The lowest BCUT2D eigenvalue weighted by molar-refractivity contribution is 0.308. The molecular weight excluding hydrogens is 202 g/mol. The first-order chi connectivity index (χ1) is 7.48. The van der Waals surface area contributed by atoms with Gasteiger partial charge in [-0.15, -0.1) is 0 Å². The Kier molecular flexibility index (Phi) is 4.19. The fourth-order valence-corrected chi connectivity index (χ4v) is 1.69. The van der Waals surface area contributed by atoms with Crippen molar-refractivity contribution in [2.75, 3.05) is 13.7 Å². The van der Waals surface area contributed by atoms with Crippen LogP contribution in [0.2, 0.25) is 0 Å². The zero-order valence-corrected chi connectivity index (χ0v) is 10.5. The molecule has 1 rings (SSSR count). The molecule has 90 valence electrons. The lowest BCUT2D eigenvalue weighted by Gasteiger charge is -2.21. The van der Waals surface area contributed by atoms with Crippen LogP contribution in [0.4, 0.5) is 0 Å². The lowest BCUT2D eigenvalue weighted by Crippen LogP contribution is -2.34. The molecule has 0 heterocycles. The quantitative estimate of drug-likeness (QED) is 0.833. The Morgan fingerprint density at radius 1 is 1.31 bits per heavy atom. The Labute approximate surface area is 97.6 Å². The van der Waals surface area contributed by atoms with E-state index < -0.39 is 0 Å². The number of nitrogens with two attached hydrogens (primary N) is 1. The van der Waals surface area contributed by atoms with E-state index in [2.05, 4.69) is 0 Å². The van der Waals surface area contributed by atoms with Crippen LogP contribution in [-0.2, 0) is 6.42 Å². The molecule has 1 aromatic carbocycles. The van der Waals surface area contributed by atoms with Crippen LogP contribution in [0.5, 0.6) is 11.5 Å². The second-order valence-corrected chi connectivity index (χ2v) is 4.55. The number of rotatable bonds is 5. The van der Waals surface area contributed by atoms with Crippen molar-refractivity contribution in [2.24, 2.45) is 5.73 Å². The van der Waals surface area contributed by atoms with Gasteiger partial charge >= 0.3 is 0 Å². The Hall–Kier alpha value is -1.22. The fourth-order valence-electron chi connectivity index (χ4n) is 1.69. The van der Waals surface area contributed by atoms with Crippen molar-refractivity contribution in [1.29, 1.82) is 0 Å². The van der Waals surface area contributed by atoms with E-state index in [9.17, 15) is 0 Å². The van der Waals surface area contributed by atoms with Gasteiger partial charge in [-0.05, 0) is 38.8 Å². The van der Waals surface area contributed by atoms with Crippen molar-refractivity contribution in [3.05, 3.63) is 23.8 Å². The molecule has 0 saturated carbocycles. The van der Waals surface area contributed by atoms with Crippen LogP contribution >= 0.6 is 0 Å². The molecule has 0 aliphatic carbocycles. The fraction of sp³-hybridized carbons (Fsp3) is 0.538. The molecule has 0 bridgehead atoms. The predicted molar refractivity (Wildman–Crippen MR) is 66.1 cm³/mol. The maximum Gasteiger partial charge on any atom is 0.163 e. The van der Waals surface area contributed by atoms with Crippen molar-refractivity contribution < 1.29 is 9.47 Å². The minimum Gasteiger partial charge on any atom is -0.493 e. The molecule has 3 nitrogen and oxygen atoms in total. The average molecular weight is 223 g/mol. The first kappa shape index (κ1) is 12.8. The Bertz CT molecular complexity index is 342. The molecule has 0 saturated heterocycles. The third kappa shape index (κ3) is 3.42. The van der Waals surface area contributed by atoms with E-state index in [0.717, 1.165) is 23.5 Å². The van der Waals surface area contributed by atoms with Gasteiger partial charge in [0.15, 0.2) is 11.5 Å². The van der Waals surface area contributed by atoms with Gasteiger partial charge in [-0.1, -0.05) is 12.1 Å². The Morgan fingerprint density at radius 3 is 2.50 bits per heavy atom. The zero-order valence-electron chi connectivity index (χ0n) is 10.5. The van der Waals surface area contributed by atoms with Crippen LogP contribution in [0.3, 0.4) is 0 Å². The van der Waals surface area contributed by atoms with Gasteiger partial charge in [-0.25, -0.2) is 0 Å². The van der Waals surface area contributed by atoms with Crippen LogP contribution in [0.15, 0.2) is 18.2 Å². The summed E-state index contributed by atoms with van der Waals surface area (Å²) in [6.45, 7) is 6.59. The molecule has 0 unspecified atom stereocenters. The summed E-state index contributed by atoms with van der Waals surface area (Å²) in [5.41, 5.74) is 6.85. The summed E-state index contributed by atoms with van der Waals surface area (Å²) < 4.78 is 10.9. The van der Waals surface area contributed by atoms with Crippen LogP contribution in [0.1, 0.15) is 26.3 Å². The number of benzene rings is 1. The summed E-state index contributed by atoms with van der Waals surface area (Å²) >= 11 is 0. The molecule has 16 heavy (non-hydrogen) atoms. The monoisotopic (exact) mass is 223 g/mol. The molecule has 2 N–H and O–H groups in total. The van der Waals surface area contributed by atoms with Gasteiger partial charge in [-0.3, -0.25) is 0 Å². The molecule has 0 spiro atoms. The topological polar surface area (TPSA) is 44.5 Å². The van der Waals surface area contributed by atoms with Crippen molar-refractivity contribution in [2.45, 2.75) is 32.7 Å². The maximum absolute atomic E-state index is 6.02. The minimum atomic E-state index is -0.252. The first-order valence-corrected chi connectivity index (χ1v) is 5.55. The summed E-state index contributed by atoms with van der Waals surface area (Å²) in [4.78, 5) is 0. The van der Waals surface area contributed by atoms with Crippen LogP contribution in [0, 0.1) is 0 Å². The summed E-state index contributed by atoms with van der Waals surface area (Å²) in [6, 6.07) is 5.90. The molecule has 0 aliphatic heterocycles. The summed E-state index contributed by atoms with van der Waals surface area (Å²) in [7, 11) is 1.66.